The second-order valence-corrected chi connectivity index (χ2v) is 3.82. The summed E-state index contributed by atoms with van der Waals surface area (Å²) in [6.45, 7) is 0. The van der Waals surface area contributed by atoms with Crippen molar-refractivity contribution in [2.75, 3.05) is 12.8 Å². The molecule has 5 nitrogen and oxygen atoms in total. The maximum absolute atomic E-state index is 5.72. The van der Waals surface area contributed by atoms with Gasteiger partial charge in [0.2, 0.25) is 5.88 Å². The minimum atomic E-state index is 0.286. The van der Waals surface area contributed by atoms with E-state index in [-0.39, 0.29) is 5.82 Å². The third kappa shape index (κ3) is 1.57. The van der Waals surface area contributed by atoms with Crippen LogP contribution >= 0.6 is 0 Å². The summed E-state index contributed by atoms with van der Waals surface area (Å²) < 4.78 is 10.4. The van der Waals surface area contributed by atoms with Gasteiger partial charge in [-0.2, -0.15) is 0 Å². The Morgan fingerprint density at radius 3 is 2.72 bits per heavy atom. The lowest BCUT2D eigenvalue weighted by atomic mass is 10.1. The van der Waals surface area contributed by atoms with Crippen LogP contribution in [0.15, 0.2) is 40.9 Å². The third-order valence-corrected chi connectivity index (χ3v) is 2.71. The van der Waals surface area contributed by atoms with Gasteiger partial charge in [0.05, 0.1) is 12.8 Å². The molecule has 0 amide bonds. The summed E-state index contributed by atoms with van der Waals surface area (Å²) in [5, 5.41) is 4.33. The van der Waals surface area contributed by atoms with Crippen molar-refractivity contribution >= 4 is 16.8 Å². The fourth-order valence-corrected chi connectivity index (χ4v) is 1.86. The number of rotatable bonds is 2. The Labute approximate surface area is 103 Å². The van der Waals surface area contributed by atoms with Crippen LogP contribution in [-0.2, 0) is 0 Å². The van der Waals surface area contributed by atoms with Gasteiger partial charge in [-0.15, -0.1) is 0 Å². The molecule has 0 aliphatic rings. The van der Waals surface area contributed by atoms with Gasteiger partial charge in [0, 0.05) is 11.6 Å². The summed E-state index contributed by atoms with van der Waals surface area (Å²) in [5.74, 6) is 0.707. The molecule has 18 heavy (non-hydrogen) atoms. The number of aromatic nitrogens is 2. The number of nitrogens with two attached hydrogens (primary N) is 1. The van der Waals surface area contributed by atoms with Crippen molar-refractivity contribution < 1.29 is 9.26 Å². The second-order valence-electron chi connectivity index (χ2n) is 3.82. The fraction of sp³-hybridized carbons (Fsp3) is 0.0769. The lowest BCUT2D eigenvalue weighted by Crippen LogP contribution is -1.93. The van der Waals surface area contributed by atoms with Gasteiger partial charge in [-0.1, -0.05) is 35.5 Å². The van der Waals surface area contributed by atoms with E-state index in [1.165, 1.54) is 0 Å². The molecule has 0 saturated heterocycles. The van der Waals surface area contributed by atoms with Gasteiger partial charge in [0.25, 0.3) is 0 Å². The molecule has 3 rings (SSSR count). The molecule has 0 radical (unpaired) electrons. The van der Waals surface area contributed by atoms with Crippen LogP contribution < -0.4 is 10.5 Å². The minimum absolute atomic E-state index is 0.286. The summed E-state index contributed by atoms with van der Waals surface area (Å²) in [7, 11) is 1.54. The van der Waals surface area contributed by atoms with E-state index in [4.69, 9.17) is 15.0 Å². The molecule has 1 aromatic carbocycles. The zero-order valence-electron chi connectivity index (χ0n) is 9.75. The van der Waals surface area contributed by atoms with E-state index in [1.807, 2.05) is 30.3 Å². The van der Waals surface area contributed by atoms with E-state index in [0.29, 0.717) is 16.8 Å². The van der Waals surface area contributed by atoms with Gasteiger partial charge in [-0.05, 0) is 0 Å². The van der Waals surface area contributed by atoms with Gasteiger partial charge in [-0.25, -0.2) is 4.98 Å². The van der Waals surface area contributed by atoms with Crippen molar-refractivity contribution in [3.05, 3.63) is 36.4 Å². The quantitative estimate of drug-likeness (QED) is 0.746. The maximum atomic E-state index is 5.72. The van der Waals surface area contributed by atoms with E-state index < -0.39 is 0 Å². The molecule has 0 unspecified atom stereocenters. The zero-order valence-corrected chi connectivity index (χ0v) is 9.75. The number of pyridine rings is 1. The van der Waals surface area contributed by atoms with Crippen LogP contribution in [0.4, 0.5) is 5.82 Å². The Hall–Kier alpha value is -2.56. The van der Waals surface area contributed by atoms with E-state index >= 15 is 0 Å². The van der Waals surface area contributed by atoms with E-state index in [2.05, 4.69) is 10.1 Å². The topological polar surface area (TPSA) is 74.2 Å². The Morgan fingerprint density at radius 1 is 1.22 bits per heavy atom. The third-order valence-electron chi connectivity index (χ3n) is 2.71. The molecular weight excluding hydrogens is 230 g/mol. The molecule has 3 aromatic rings. The van der Waals surface area contributed by atoms with Gasteiger partial charge >= 0.3 is 0 Å². The van der Waals surface area contributed by atoms with Crippen molar-refractivity contribution in [2.45, 2.75) is 0 Å². The predicted octanol–water partition coefficient (Wildman–Crippen LogP) is 2.48. The van der Waals surface area contributed by atoms with Crippen LogP contribution in [0.25, 0.3) is 22.2 Å². The van der Waals surface area contributed by atoms with Crippen LogP contribution in [-0.4, -0.2) is 17.3 Å². The lowest BCUT2D eigenvalue weighted by Gasteiger charge is -2.04. The smallest absolute Gasteiger partial charge is 0.228 e. The number of hydrogen-bond acceptors (Lipinski definition) is 5. The second kappa shape index (κ2) is 4.03. The Kier molecular flexibility index (Phi) is 2.37. The standard InChI is InChI=1S/C13H11N3O2/c1-17-13-11-10(18-16-12(11)14)7-9(15-13)8-5-3-2-4-6-8/h2-7H,1H3,(H2,14,16). The van der Waals surface area contributed by atoms with Crippen LogP contribution in [0.2, 0.25) is 0 Å². The number of methoxy groups -OCH3 is 1. The van der Waals surface area contributed by atoms with E-state index in [9.17, 15) is 0 Å². The average molecular weight is 241 g/mol. The molecule has 0 saturated carbocycles. The lowest BCUT2D eigenvalue weighted by molar-refractivity contribution is 0.403. The van der Waals surface area contributed by atoms with Crippen molar-refractivity contribution in [1.82, 2.24) is 10.1 Å². The van der Waals surface area contributed by atoms with Crippen molar-refractivity contribution in [2.24, 2.45) is 0 Å². The Morgan fingerprint density at radius 2 is 2.00 bits per heavy atom. The molecule has 0 atom stereocenters. The first kappa shape index (κ1) is 10.6. The normalized spacial score (nSPS) is 10.7. The van der Waals surface area contributed by atoms with Crippen molar-refractivity contribution in [3.8, 4) is 17.1 Å². The molecule has 0 bridgehead atoms. The highest BCUT2D eigenvalue weighted by Gasteiger charge is 2.15. The van der Waals surface area contributed by atoms with Gasteiger partial charge in [0.15, 0.2) is 11.4 Å². The van der Waals surface area contributed by atoms with Gasteiger partial charge in [-0.3, -0.25) is 0 Å². The van der Waals surface area contributed by atoms with Crippen LogP contribution in [0.5, 0.6) is 5.88 Å². The van der Waals surface area contributed by atoms with E-state index in [0.717, 1.165) is 11.3 Å². The van der Waals surface area contributed by atoms with E-state index in [1.54, 1.807) is 13.2 Å². The largest absolute Gasteiger partial charge is 0.480 e. The first-order valence-corrected chi connectivity index (χ1v) is 5.45. The number of nitrogens with zero attached hydrogens (tertiary/aromatic N) is 2. The molecule has 2 aromatic heterocycles. The highest BCUT2D eigenvalue weighted by molar-refractivity contribution is 5.93. The summed E-state index contributed by atoms with van der Waals surface area (Å²) in [4.78, 5) is 4.42. The first-order chi connectivity index (χ1) is 8.79. The average Bonchev–Trinajstić information content (AvgIpc) is 2.81. The molecule has 0 fully saturated rings. The number of benzene rings is 1. The molecule has 0 aliphatic carbocycles. The SMILES string of the molecule is COc1nc(-c2ccccc2)cc2onc(N)c12. The minimum Gasteiger partial charge on any atom is -0.480 e. The Balaban J connectivity index is 2.27. The first-order valence-electron chi connectivity index (χ1n) is 5.45. The highest BCUT2D eigenvalue weighted by Crippen LogP contribution is 2.32. The van der Waals surface area contributed by atoms with Crippen molar-refractivity contribution in [3.63, 3.8) is 0 Å². The van der Waals surface area contributed by atoms with Crippen molar-refractivity contribution in [1.29, 1.82) is 0 Å². The monoisotopic (exact) mass is 241 g/mol. The molecule has 2 N–H and O–H groups in total. The molecule has 2 heterocycles. The predicted molar refractivity (Wildman–Crippen MR) is 68.2 cm³/mol. The van der Waals surface area contributed by atoms with Crippen LogP contribution in [0.3, 0.4) is 0 Å². The highest BCUT2D eigenvalue weighted by atomic mass is 16.5. The molecule has 90 valence electrons. The number of hydrogen-bond donors (Lipinski definition) is 1. The summed E-state index contributed by atoms with van der Waals surface area (Å²) in [5.41, 5.74) is 8.02. The molecule has 0 spiro atoms. The number of ether oxygens (including phenoxy) is 1. The number of nitrogen functional groups attached to an aromatic ring is 1. The molecule has 0 aliphatic heterocycles. The summed E-state index contributed by atoms with van der Waals surface area (Å²) in [6.07, 6.45) is 0. The van der Waals surface area contributed by atoms with Crippen LogP contribution in [0.1, 0.15) is 0 Å². The zero-order chi connectivity index (χ0) is 12.5. The molecule has 5 heteroatoms. The fourth-order valence-electron chi connectivity index (χ4n) is 1.86. The van der Waals surface area contributed by atoms with Crippen LogP contribution in [0, 0.1) is 0 Å². The Bertz CT molecular complexity index is 692. The molecular formula is C13H11N3O2. The number of anilines is 1. The van der Waals surface area contributed by atoms with Gasteiger partial charge < -0.3 is 15.0 Å². The summed E-state index contributed by atoms with van der Waals surface area (Å²) in [6, 6.07) is 11.6. The summed E-state index contributed by atoms with van der Waals surface area (Å²) >= 11 is 0. The number of fused-ring (bicyclic) bond motifs is 1. The maximum Gasteiger partial charge on any atom is 0.228 e. The van der Waals surface area contributed by atoms with Gasteiger partial charge in [0.1, 0.15) is 5.39 Å².